The van der Waals surface area contributed by atoms with Crippen LogP contribution in [-0.2, 0) is 28.3 Å². The largest absolute Gasteiger partial charge is 0.350 e. The van der Waals surface area contributed by atoms with Gasteiger partial charge >= 0.3 is 0 Å². The summed E-state index contributed by atoms with van der Waals surface area (Å²) in [5.74, 6) is 0.737. The first-order chi connectivity index (χ1) is 17.1. The molecular weight excluding hydrogens is 556 g/mol. The molecule has 0 aromatic heterocycles. The summed E-state index contributed by atoms with van der Waals surface area (Å²) in [6.07, 6.45) is 0.437. The normalized spacial score (nSPS) is 12.1. The third-order valence-corrected chi connectivity index (χ3v) is 7.21. The highest BCUT2D eigenvalue weighted by Gasteiger charge is 2.32. The van der Waals surface area contributed by atoms with E-state index in [0.717, 1.165) is 21.2 Å². The molecule has 0 spiro atoms. The van der Waals surface area contributed by atoms with E-state index in [1.54, 1.807) is 4.90 Å². The first kappa shape index (κ1) is 28.3. The van der Waals surface area contributed by atoms with Gasteiger partial charge in [0.05, 0.1) is 5.75 Å². The zero-order valence-corrected chi connectivity index (χ0v) is 24.0. The Hall–Kier alpha value is -2.28. The van der Waals surface area contributed by atoms with Crippen molar-refractivity contribution in [1.29, 1.82) is 0 Å². The van der Waals surface area contributed by atoms with Gasteiger partial charge in [-0.3, -0.25) is 9.59 Å². The maximum Gasteiger partial charge on any atom is 0.243 e. The van der Waals surface area contributed by atoms with Gasteiger partial charge in [-0.1, -0.05) is 82.1 Å². The SMILES string of the molecule is CC(C)(C)NC(=O)[C@@H](Cc1ccccc1)N(Cc1ccc(Br)cc1)C(=O)CSCc1ccc(Cl)cc1. The minimum Gasteiger partial charge on any atom is -0.350 e. The van der Waals surface area contributed by atoms with Crippen LogP contribution in [0.5, 0.6) is 0 Å². The van der Waals surface area contributed by atoms with Crippen molar-refractivity contribution in [3.63, 3.8) is 0 Å². The first-order valence-corrected chi connectivity index (χ1v) is 14.2. The lowest BCUT2D eigenvalue weighted by molar-refractivity contribution is -0.140. The van der Waals surface area contributed by atoms with Crippen molar-refractivity contribution >= 4 is 51.1 Å². The molecule has 0 fully saturated rings. The molecule has 1 N–H and O–H groups in total. The molecule has 0 unspecified atom stereocenters. The Kier molecular flexibility index (Phi) is 10.5. The second-order valence-electron chi connectivity index (χ2n) is 9.71. The topological polar surface area (TPSA) is 49.4 Å². The van der Waals surface area contributed by atoms with Crippen molar-refractivity contribution in [2.75, 3.05) is 5.75 Å². The molecule has 2 amide bonds. The molecule has 190 valence electrons. The highest BCUT2D eigenvalue weighted by atomic mass is 79.9. The van der Waals surface area contributed by atoms with Crippen molar-refractivity contribution in [2.24, 2.45) is 0 Å². The molecule has 4 nitrogen and oxygen atoms in total. The lowest BCUT2D eigenvalue weighted by Crippen LogP contribution is -2.54. The minimum atomic E-state index is -0.640. The third-order valence-electron chi connectivity index (χ3n) is 5.44. The molecule has 0 heterocycles. The van der Waals surface area contributed by atoms with E-state index in [4.69, 9.17) is 11.6 Å². The van der Waals surface area contributed by atoms with E-state index in [-0.39, 0.29) is 17.6 Å². The van der Waals surface area contributed by atoms with Gasteiger partial charge in [0.1, 0.15) is 6.04 Å². The summed E-state index contributed by atoms with van der Waals surface area (Å²) in [6.45, 7) is 6.21. The van der Waals surface area contributed by atoms with Crippen LogP contribution in [0.15, 0.2) is 83.3 Å². The average Bonchev–Trinajstić information content (AvgIpc) is 2.83. The summed E-state index contributed by atoms with van der Waals surface area (Å²) in [5, 5.41) is 3.79. The zero-order chi connectivity index (χ0) is 26.1. The van der Waals surface area contributed by atoms with Gasteiger partial charge in [-0.2, -0.15) is 0 Å². The molecule has 0 bridgehead atoms. The summed E-state index contributed by atoms with van der Waals surface area (Å²) in [6, 6.07) is 24.7. The van der Waals surface area contributed by atoms with E-state index >= 15 is 0 Å². The first-order valence-electron chi connectivity index (χ1n) is 11.8. The predicted molar refractivity (Wildman–Crippen MR) is 154 cm³/mol. The second kappa shape index (κ2) is 13.3. The van der Waals surface area contributed by atoms with Gasteiger partial charge in [0.25, 0.3) is 0 Å². The fourth-order valence-corrected chi connectivity index (χ4v) is 4.97. The van der Waals surface area contributed by atoms with E-state index in [9.17, 15) is 9.59 Å². The van der Waals surface area contributed by atoms with Crippen LogP contribution in [0.3, 0.4) is 0 Å². The van der Waals surface area contributed by atoms with Gasteiger partial charge in [-0.15, -0.1) is 11.8 Å². The molecule has 3 aromatic rings. The molecular formula is C29H32BrClN2O2S. The van der Waals surface area contributed by atoms with Crippen molar-refractivity contribution in [3.05, 3.63) is 105 Å². The number of thioether (sulfide) groups is 1. The zero-order valence-electron chi connectivity index (χ0n) is 20.8. The van der Waals surface area contributed by atoms with Gasteiger partial charge in [-0.05, 0) is 61.7 Å². The van der Waals surface area contributed by atoms with Gasteiger partial charge in [-0.25, -0.2) is 0 Å². The molecule has 3 rings (SSSR count). The molecule has 0 saturated carbocycles. The highest BCUT2D eigenvalue weighted by molar-refractivity contribution is 9.10. The summed E-state index contributed by atoms with van der Waals surface area (Å²) in [5.41, 5.74) is 2.66. The quantitative estimate of drug-likeness (QED) is 0.281. The number of rotatable bonds is 10. The molecule has 0 aliphatic heterocycles. The molecule has 3 aromatic carbocycles. The number of carbonyl (C=O) groups excluding carboxylic acids is 2. The summed E-state index contributed by atoms with van der Waals surface area (Å²) in [4.78, 5) is 28.9. The summed E-state index contributed by atoms with van der Waals surface area (Å²) >= 11 is 11.0. The van der Waals surface area contributed by atoms with Crippen LogP contribution >= 0.6 is 39.3 Å². The number of nitrogens with zero attached hydrogens (tertiary/aromatic N) is 1. The molecule has 0 radical (unpaired) electrons. The van der Waals surface area contributed by atoms with Crippen LogP contribution in [0.2, 0.25) is 5.02 Å². The lowest BCUT2D eigenvalue weighted by Gasteiger charge is -2.34. The Balaban J connectivity index is 1.85. The molecule has 1 atom stereocenters. The Bertz CT molecular complexity index is 1130. The summed E-state index contributed by atoms with van der Waals surface area (Å²) in [7, 11) is 0. The van der Waals surface area contributed by atoms with E-state index < -0.39 is 11.6 Å². The standard InChI is InChI=1S/C29H32BrClN2O2S/c1-29(2,3)32-28(35)26(17-21-7-5-4-6-8-21)33(18-22-9-13-24(30)14-10-22)27(34)20-36-19-23-11-15-25(31)16-12-23/h4-16,26H,17-20H2,1-3H3,(H,32,35)/t26-/m1/s1. The van der Waals surface area contributed by atoms with Gasteiger partial charge in [0.15, 0.2) is 0 Å². The second-order valence-corrected chi connectivity index (χ2v) is 12.0. The Morgan fingerprint density at radius 2 is 1.53 bits per heavy atom. The number of halogens is 2. The van der Waals surface area contributed by atoms with Crippen LogP contribution in [0.4, 0.5) is 0 Å². The smallest absolute Gasteiger partial charge is 0.243 e. The van der Waals surface area contributed by atoms with Crippen molar-refractivity contribution in [1.82, 2.24) is 10.2 Å². The monoisotopic (exact) mass is 586 g/mol. The highest BCUT2D eigenvalue weighted by Crippen LogP contribution is 2.21. The Morgan fingerprint density at radius 1 is 0.917 bits per heavy atom. The lowest BCUT2D eigenvalue weighted by atomic mass is 10.0. The van der Waals surface area contributed by atoms with E-state index in [1.165, 1.54) is 11.8 Å². The van der Waals surface area contributed by atoms with Crippen LogP contribution < -0.4 is 5.32 Å². The van der Waals surface area contributed by atoms with Gasteiger partial charge in [0.2, 0.25) is 11.8 Å². The van der Waals surface area contributed by atoms with Crippen LogP contribution in [0.1, 0.15) is 37.5 Å². The van der Waals surface area contributed by atoms with E-state index in [0.29, 0.717) is 23.7 Å². The molecule has 0 aliphatic carbocycles. The number of benzene rings is 3. The van der Waals surface area contributed by atoms with E-state index in [1.807, 2.05) is 99.6 Å². The van der Waals surface area contributed by atoms with E-state index in [2.05, 4.69) is 21.2 Å². The molecule has 0 aliphatic rings. The predicted octanol–water partition coefficient (Wildman–Crippen LogP) is 6.89. The third kappa shape index (κ3) is 9.30. The van der Waals surface area contributed by atoms with Crippen molar-refractivity contribution in [3.8, 4) is 0 Å². The van der Waals surface area contributed by atoms with Crippen LogP contribution in [0, 0.1) is 0 Å². The van der Waals surface area contributed by atoms with Crippen molar-refractivity contribution < 1.29 is 9.59 Å². The fourth-order valence-electron chi connectivity index (χ4n) is 3.71. The maximum absolute atomic E-state index is 13.7. The maximum atomic E-state index is 13.7. The minimum absolute atomic E-state index is 0.0677. The molecule has 7 heteroatoms. The Morgan fingerprint density at radius 3 is 2.14 bits per heavy atom. The number of hydrogen-bond acceptors (Lipinski definition) is 3. The Labute approximate surface area is 231 Å². The van der Waals surface area contributed by atoms with Gasteiger partial charge in [0, 0.05) is 33.8 Å². The molecule has 36 heavy (non-hydrogen) atoms. The van der Waals surface area contributed by atoms with Gasteiger partial charge < -0.3 is 10.2 Å². The summed E-state index contributed by atoms with van der Waals surface area (Å²) < 4.78 is 0.967. The number of hydrogen-bond donors (Lipinski definition) is 1. The number of amides is 2. The van der Waals surface area contributed by atoms with Crippen LogP contribution in [-0.4, -0.2) is 34.0 Å². The fraction of sp³-hybridized carbons (Fsp3) is 0.310. The average molecular weight is 588 g/mol. The molecule has 0 saturated heterocycles. The van der Waals surface area contributed by atoms with Crippen molar-refractivity contribution in [2.45, 2.75) is 51.1 Å². The number of nitrogens with one attached hydrogen (secondary N) is 1. The van der Waals surface area contributed by atoms with Crippen LogP contribution in [0.25, 0.3) is 0 Å². The number of carbonyl (C=O) groups is 2.